The molecule has 1 saturated heterocycles. The van der Waals surface area contributed by atoms with Crippen molar-refractivity contribution in [1.29, 1.82) is 0 Å². The third kappa shape index (κ3) is 3.78. The number of hydrogen-bond acceptors (Lipinski definition) is 4. The minimum absolute atomic E-state index is 0.0275. The van der Waals surface area contributed by atoms with E-state index in [2.05, 4.69) is 10.0 Å². The first-order chi connectivity index (χ1) is 9.51. The zero-order valence-corrected chi connectivity index (χ0v) is 11.9. The predicted octanol–water partition coefficient (Wildman–Crippen LogP) is -0.255. The van der Waals surface area contributed by atoms with Crippen LogP contribution in [0.2, 0.25) is 0 Å². The van der Waals surface area contributed by atoms with Crippen molar-refractivity contribution in [3.63, 3.8) is 0 Å². The second-order valence-corrected chi connectivity index (χ2v) is 6.60. The van der Waals surface area contributed by atoms with Gasteiger partial charge >= 0.3 is 0 Å². The molecule has 1 heterocycles. The van der Waals surface area contributed by atoms with Crippen molar-refractivity contribution in [3.05, 3.63) is 29.8 Å². The van der Waals surface area contributed by atoms with Crippen LogP contribution < -0.4 is 15.8 Å². The average molecular weight is 297 g/mol. The number of carbonyl (C=O) groups is 1. The maximum absolute atomic E-state index is 12.1. The maximum atomic E-state index is 12.1. The molecular formula is C13H19N3O3S. The second kappa shape index (κ2) is 6.34. The molecule has 1 atom stereocenters. The van der Waals surface area contributed by atoms with E-state index in [0.717, 1.165) is 12.0 Å². The van der Waals surface area contributed by atoms with Crippen molar-refractivity contribution >= 4 is 15.9 Å². The molecule has 1 aromatic rings. The van der Waals surface area contributed by atoms with Gasteiger partial charge in [0, 0.05) is 19.0 Å². The highest BCUT2D eigenvalue weighted by molar-refractivity contribution is 7.89. The summed E-state index contributed by atoms with van der Waals surface area (Å²) in [6, 6.07) is 6.55. The summed E-state index contributed by atoms with van der Waals surface area (Å²) < 4.78 is 26.7. The summed E-state index contributed by atoms with van der Waals surface area (Å²) in [6.45, 7) is 0.754. The minimum Gasteiger partial charge on any atom is -0.352 e. The number of benzene rings is 1. The Morgan fingerprint density at radius 1 is 1.30 bits per heavy atom. The fraction of sp³-hybridized carbons (Fsp3) is 0.462. The molecule has 1 aromatic carbocycles. The summed E-state index contributed by atoms with van der Waals surface area (Å²) in [6.07, 6.45) is 1.85. The topological polar surface area (TPSA) is 101 Å². The lowest BCUT2D eigenvalue weighted by Gasteiger charge is -2.12. The van der Waals surface area contributed by atoms with Gasteiger partial charge in [0.05, 0.1) is 4.90 Å². The number of rotatable bonds is 6. The van der Waals surface area contributed by atoms with Gasteiger partial charge < -0.3 is 11.1 Å². The van der Waals surface area contributed by atoms with Crippen molar-refractivity contribution in [2.24, 2.45) is 5.73 Å². The third-order valence-electron chi connectivity index (χ3n) is 3.27. The molecule has 1 aliphatic heterocycles. The molecule has 2 rings (SSSR count). The summed E-state index contributed by atoms with van der Waals surface area (Å²) in [7, 11) is -3.53. The molecule has 6 nitrogen and oxygen atoms in total. The molecule has 0 saturated carbocycles. The molecule has 1 amide bonds. The van der Waals surface area contributed by atoms with E-state index in [1.807, 2.05) is 0 Å². The van der Waals surface area contributed by atoms with Gasteiger partial charge in [0.25, 0.3) is 0 Å². The molecule has 0 aliphatic carbocycles. The summed E-state index contributed by atoms with van der Waals surface area (Å²) in [5.74, 6) is -0.0275. The number of carbonyl (C=O) groups excluding carboxylic acids is 1. The summed E-state index contributed by atoms with van der Waals surface area (Å²) in [5, 5.41) is 2.72. The van der Waals surface area contributed by atoms with E-state index >= 15 is 0 Å². The first kappa shape index (κ1) is 15.0. The fourth-order valence-electron chi connectivity index (χ4n) is 2.13. The minimum atomic E-state index is -3.53. The Morgan fingerprint density at radius 2 is 2.00 bits per heavy atom. The van der Waals surface area contributed by atoms with Gasteiger partial charge in [-0.2, -0.15) is 0 Å². The summed E-state index contributed by atoms with van der Waals surface area (Å²) in [5.41, 5.74) is 6.46. The van der Waals surface area contributed by atoms with Gasteiger partial charge in [-0.3, -0.25) is 4.79 Å². The largest absolute Gasteiger partial charge is 0.352 e. The SMILES string of the molecule is NCCc1ccc(S(=O)(=O)NCC2CCC(=O)N2)cc1. The molecule has 110 valence electrons. The molecule has 4 N–H and O–H groups in total. The van der Waals surface area contributed by atoms with Crippen LogP contribution in [0.15, 0.2) is 29.2 Å². The average Bonchev–Trinajstić information content (AvgIpc) is 2.84. The quantitative estimate of drug-likeness (QED) is 0.673. The van der Waals surface area contributed by atoms with Gasteiger partial charge in [-0.05, 0) is 37.1 Å². The van der Waals surface area contributed by atoms with E-state index in [-0.39, 0.29) is 23.4 Å². The summed E-state index contributed by atoms with van der Waals surface area (Å²) >= 11 is 0. The molecule has 0 bridgehead atoms. The van der Waals surface area contributed by atoms with Crippen molar-refractivity contribution in [2.45, 2.75) is 30.2 Å². The lowest BCUT2D eigenvalue weighted by Crippen LogP contribution is -2.38. The van der Waals surface area contributed by atoms with E-state index < -0.39 is 10.0 Å². The van der Waals surface area contributed by atoms with Crippen LogP contribution in [0, 0.1) is 0 Å². The van der Waals surface area contributed by atoms with Crippen molar-refractivity contribution < 1.29 is 13.2 Å². The van der Waals surface area contributed by atoms with Crippen LogP contribution in [-0.2, 0) is 21.2 Å². The molecule has 0 radical (unpaired) electrons. The molecule has 7 heteroatoms. The number of nitrogens with one attached hydrogen (secondary N) is 2. The molecular weight excluding hydrogens is 278 g/mol. The third-order valence-corrected chi connectivity index (χ3v) is 4.71. The van der Waals surface area contributed by atoms with Crippen molar-refractivity contribution in [1.82, 2.24) is 10.0 Å². The van der Waals surface area contributed by atoms with Gasteiger partial charge in [0.2, 0.25) is 15.9 Å². The molecule has 1 fully saturated rings. The van der Waals surface area contributed by atoms with Crippen LogP contribution in [0.4, 0.5) is 0 Å². The van der Waals surface area contributed by atoms with E-state index in [0.29, 0.717) is 19.4 Å². The molecule has 0 spiro atoms. The van der Waals surface area contributed by atoms with Gasteiger partial charge in [-0.25, -0.2) is 13.1 Å². The van der Waals surface area contributed by atoms with Gasteiger partial charge in [0.15, 0.2) is 0 Å². The standard InChI is InChI=1S/C13H19N3O3S/c14-8-7-10-1-4-12(5-2-10)20(18,19)15-9-11-3-6-13(17)16-11/h1-2,4-5,11,15H,3,6-9,14H2,(H,16,17). The highest BCUT2D eigenvalue weighted by atomic mass is 32.2. The van der Waals surface area contributed by atoms with Crippen LogP contribution in [0.1, 0.15) is 18.4 Å². The smallest absolute Gasteiger partial charge is 0.240 e. The number of amides is 1. The Balaban J connectivity index is 1.97. The Hall–Kier alpha value is -1.44. The van der Waals surface area contributed by atoms with Gasteiger partial charge in [0.1, 0.15) is 0 Å². The second-order valence-electron chi connectivity index (χ2n) is 4.84. The molecule has 1 aliphatic rings. The zero-order chi connectivity index (χ0) is 14.6. The van der Waals surface area contributed by atoms with Gasteiger partial charge in [-0.1, -0.05) is 12.1 Å². The van der Waals surface area contributed by atoms with Crippen LogP contribution in [-0.4, -0.2) is 33.5 Å². The highest BCUT2D eigenvalue weighted by Crippen LogP contribution is 2.12. The maximum Gasteiger partial charge on any atom is 0.240 e. The number of nitrogens with two attached hydrogens (primary N) is 1. The van der Waals surface area contributed by atoms with Crippen LogP contribution >= 0.6 is 0 Å². The molecule has 20 heavy (non-hydrogen) atoms. The van der Waals surface area contributed by atoms with Crippen molar-refractivity contribution in [2.75, 3.05) is 13.1 Å². The fourth-order valence-corrected chi connectivity index (χ4v) is 3.21. The van der Waals surface area contributed by atoms with E-state index in [9.17, 15) is 13.2 Å². The van der Waals surface area contributed by atoms with Crippen LogP contribution in [0.5, 0.6) is 0 Å². The Bertz CT molecular complexity index is 569. The summed E-state index contributed by atoms with van der Waals surface area (Å²) in [4.78, 5) is 11.3. The lowest BCUT2D eigenvalue weighted by molar-refractivity contribution is -0.119. The Morgan fingerprint density at radius 3 is 2.55 bits per heavy atom. The molecule has 0 aromatic heterocycles. The van der Waals surface area contributed by atoms with E-state index in [1.54, 1.807) is 24.3 Å². The number of sulfonamides is 1. The number of hydrogen-bond donors (Lipinski definition) is 3. The monoisotopic (exact) mass is 297 g/mol. The van der Waals surface area contributed by atoms with E-state index in [1.165, 1.54) is 0 Å². The Kier molecular flexibility index (Phi) is 4.74. The lowest BCUT2D eigenvalue weighted by atomic mass is 10.2. The zero-order valence-electron chi connectivity index (χ0n) is 11.1. The van der Waals surface area contributed by atoms with E-state index in [4.69, 9.17) is 5.73 Å². The first-order valence-corrected chi connectivity index (χ1v) is 8.07. The molecule has 1 unspecified atom stereocenters. The highest BCUT2D eigenvalue weighted by Gasteiger charge is 2.23. The normalized spacial score (nSPS) is 19.1. The van der Waals surface area contributed by atoms with Gasteiger partial charge in [-0.15, -0.1) is 0 Å². The van der Waals surface area contributed by atoms with Crippen LogP contribution in [0.25, 0.3) is 0 Å². The predicted molar refractivity (Wildman–Crippen MR) is 75.6 cm³/mol. The Labute approximate surface area is 118 Å². The van der Waals surface area contributed by atoms with Crippen molar-refractivity contribution in [3.8, 4) is 0 Å². The first-order valence-electron chi connectivity index (χ1n) is 6.59. The van der Waals surface area contributed by atoms with Crippen LogP contribution in [0.3, 0.4) is 0 Å².